The van der Waals surface area contributed by atoms with Crippen LogP contribution in [0.5, 0.6) is 23.0 Å². The molecule has 2 aromatic carbocycles. The lowest BCUT2D eigenvalue weighted by atomic mass is 10.1. The molecule has 0 aliphatic carbocycles. The number of methoxy groups -OCH3 is 4. The first-order chi connectivity index (χ1) is 20.9. The molecule has 4 rings (SSSR count). The van der Waals surface area contributed by atoms with Gasteiger partial charge in [0.2, 0.25) is 0 Å². The zero-order valence-electron chi connectivity index (χ0n) is 26.7. The van der Waals surface area contributed by atoms with Crippen molar-refractivity contribution in [1.29, 1.82) is 0 Å². The van der Waals surface area contributed by atoms with Gasteiger partial charge in [-0.1, -0.05) is 7.43 Å². The summed E-state index contributed by atoms with van der Waals surface area (Å²) in [6.07, 6.45) is 4.91. The minimum atomic E-state index is 0. The molecule has 4 aromatic rings. The van der Waals surface area contributed by atoms with Gasteiger partial charge in [0.1, 0.15) is 23.0 Å². The van der Waals surface area contributed by atoms with Crippen molar-refractivity contribution in [3.8, 4) is 45.5 Å². The lowest BCUT2D eigenvalue weighted by molar-refractivity contribution is 0.389. The van der Waals surface area contributed by atoms with E-state index in [1.807, 2.05) is 50.5 Å². The maximum atomic E-state index is 5.55. The summed E-state index contributed by atoms with van der Waals surface area (Å²) in [4.78, 5) is 14.3. The Hall–Kier alpha value is -4.46. The summed E-state index contributed by atoms with van der Waals surface area (Å²) in [5.41, 5.74) is 7.86. The minimum absolute atomic E-state index is 0. The molecule has 2 aromatic heterocycles. The van der Waals surface area contributed by atoms with Crippen LogP contribution in [-0.2, 0) is 0 Å². The zero-order chi connectivity index (χ0) is 30.9. The van der Waals surface area contributed by atoms with Crippen LogP contribution in [0.4, 0.5) is 11.4 Å². The standard InChI is InChI=1S/C35H44N4O4.CH4/c1-9-38(28-12-14-30(36-22-28)26-18-32(40-5)24(3)33(19-26)41-6)16-11-17-39(10-2)29-13-15-31(37-23-29)27-20-34(42-7)25(4)35(21-27)43-8;/h12-15,18-23H,9-11,16-17H2,1-8H3;1H4. The van der Waals surface area contributed by atoms with Crippen molar-refractivity contribution in [1.82, 2.24) is 9.97 Å². The predicted octanol–water partition coefficient (Wildman–Crippen LogP) is 7.84. The Bertz CT molecular complexity index is 1330. The Morgan fingerprint density at radius 2 is 0.909 bits per heavy atom. The summed E-state index contributed by atoms with van der Waals surface area (Å²) in [5.74, 6) is 3.15. The summed E-state index contributed by atoms with van der Waals surface area (Å²) in [5, 5.41) is 0. The van der Waals surface area contributed by atoms with Crippen LogP contribution in [0.15, 0.2) is 60.9 Å². The van der Waals surface area contributed by atoms with Crippen molar-refractivity contribution < 1.29 is 18.9 Å². The second-order valence-electron chi connectivity index (χ2n) is 10.3. The predicted molar refractivity (Wildman–Crippen MR) is 182 cm³/mol. The summed E-state index contributed by atoms with van der Waals surface area (Å²) < 4.78 is 22.2. The van der Waals surface area contributed by atoms with E-state index in [1.165, 1.54) is 0 Å². The van der Waals surface area contributed by atoms with Crippen molar-refractivity contribution >= 4 is 11.4 Å². The van der Waals surface area contributed by atoms with Gasteiger partial charge in [0.15, 0.2) is 0 Å². The maximum Gasteiger partial charge on any atom is 0.126 e. The molecule has 8 nitrogen and oxygen atoms in total. The summed E-state index contributed by atoms with van der Waals surface area (Å²) >= 11 is 0. The minimum Gasteiger partial charge on any atom is -0.496 e. The lowest BCUT2D eigenvalue weighted by Crippen LogP contribution is -2.30. The molecule has 0 saturated heterocycles. The molecule has 0 aliphatic heterocycles. The first-order valence-electron chi connectivity index (χ1n) is 14.7. The molecule has 0 unspecified atom stereocenters. The molecule has 0 spiro atoms. The van der Waals surface area contributed by atoms with Crippen LogP contribution in [-0.4, -0.2) is 64.6 Å². The third kappa shape index (κ3) is 7.54. The van der Waals surface area contributed by atoms with Gasteiger partial charge in [0.05, 0.1) is 63.6 Å². The Balaban J connectivity index is 0.00000529. The van der Waals surface area contributed by atoms with Crippen molar-refractivity contribution in [3.05, 3.63) is 72.1 Å². The molecule has 8 heteroatoms. The van der Waals surface area contributed by atoms with E-state index in [4.69, 9.17) is 28.9 Å². The van der Waals surface area contributed by atoms with E-state index < -0.39 is 0 Å². The number of benzene rings is 2. The van der Waals surface area contributed by atoms with Gasteiger partial charge in [-0.2, -0.15) is 0 Å². The highest BCUT2D eigenvalue weighted by Crippen LogP contribution is 2.35. The molecule has 0 amide bonds. The van der Waals surface area contributed by atoms with Crippen molar-refractivity contribution in [3.63, 3.8) is 0 Å². The van der Waals surface area contributed by atoms with E-state index in [0.29, 0.717) is 0 Å². The third-order valence-electron chi connectivity index (χ3n) is 7.94. The fourth-order valence-corrected chi connectivity index (χ4v) is 5.35. The lowest BCUT2D eigenvalue weighted by Gasteiger charge is -2.27. The second-order valence-corrected chi connectivity index (χ2v) is 10.3. The number of pyridine rings is 2. The van der Waals surface area contributed by atoms with Gasteiger partial charge in [-0.05, 0) is 82.6 Å². The fourth-order valence-electron chi connectivity index (χ4n) is 5.35. The number of hydrogen-bond donors (Lipinski definition) is 0. The maximum absolute atomic E-state index is 5.55. The van der Waals surface area contributed by atoms with Crippen molar-refractivity contribution in [2.45, 2.75) is 41.5 Å². The number of rotatable bonds is 14. The van der Waals surface area contributed by atoms with Gasteiger partial charge in [0, 0.05) is 48.4 Å². The molecule has 0 radical (unpaired) electrons. The summed E-state index contributed by atoms with van der Waals surface area (Å²) in [7, 11) is 6.69. The largest absolute Gasteiger partial charge is 0.496 e. The normalized spacial score (nSPS) is 10.5. The van der Waals surface area contributed by atoms with Crippen LogP contribution in [0, 0.1) is 13.8 Å². The van der Waals surface area contributed by atoms with Crippen LogP contribution < -0.4 is 28.7 Å². The average Bonchev–Trinajstić information content (AvgIpc) is 3.05. The van der Waals surface area contributed by atoms with Gasteiger partial charge in [-0.3, -0.25) is 9.97 Å². The van der Waals surface area contributed by atoms with E-state index in [1.54, 1.807) is 28.4 Å². The Kier molecular flexibility index (Phi) is 12.3. The highest BCUT2D eigenvalue weighted by molar-refractivity contribution is 5.68. The van der Waals surface area contributed by atoms with Gasteiger partial charge in [0.25, 0.3) is 0 Å². The van der Waals surface area contributed by atoms with Crippen LogP contribution in [0.25, 0.3) is 22.5 Å². The Morgan fingerprint density at radius 1 is 0.568 bits per heavy atom. The highest BCUT2D eigenvalue weighted by Gasteiger charge is 2.14. The first-order valence-corrected chi connectivity index (χ1v) is 14.7. The van der Waals surface area contributed by atoms with Crippen LogP contribution >= 0.6 is 0 Å². The molecule has 0 atom stereocenters. The number of hydrogen-bond acceptors (Lipinski definition) is 8. The number of aromatic nitrogens is 2. The SMILES string of the molecule is C.CCN(CCCN(CC)c1ccc(-c2cc(OC)c(C)c(OC)c2)nc1)c1ccc(-c2cc(OC)c(C)c(OC)c2)nc1. The van der Waals surface area contributed by atoms with Crippen LogP contribution in [0.1, 0.15) is 38.8 Å². The molecule has 236 valence electrons. The number of ether oxygens (including phenoxy) is 4. The molecular weight excluding hydrogens is 552 g/mol. The fraction of sp³-hybridized carbons (Fsp3) is 0.389. The van der Waals surface area contributed by atoms with Crippen molar-refractivity contribution in [2.75, 3.05) is 64.4 Å². The van der Waals surface area contributed by atoms with Gasteiger partial charge >= 0.3 is 0 Å². The second kappa shape index (κ2) is 15.8. The molecular formula is C36H48N4O4. The Labute approximate surface area is 263 Å². The van der Waals surface area contributed by atoms with E-state index in [0.717, 1.165) is 101 Å². The zero-order valence-corrected chi connectivity index (χ0v) is 26.7. The molecule has 2 heterocycles. The van der Waals surface area contributed by atoms with Gasteiger partial charge in [-0.15, -0.1) is 0 Å². The smallest absolute Gasteiger partial charge is 0.126 e. The molecule has 0 N–H and O–H groups in total. The molecule has 44 heavy (non-hydrogen) atoms. The van der Waals surface area contributed by atoms with E-state index in [-0.39, 0.29) is 7.43 Å². The van der Waals surface area contributed by atoms with E-state index >= 15 is 0 Å². The molecule has 0 bridgehead atoms. The summed E-state index contributed by atoms with van der Waals surface area (Å²) in [6.45, 7) is 12.0. The molecule has 0 fully saturated rings. The van der Waals surface area contributed by atoms with Crippen LogP contribution in [0.3, 0.4) is 0 Å². The first kappa shape index (κ1) is 34.0. The Morgan fingerprint density at radius 3 is 1.16 bits per heavy atom. The topological polar surface area (TPSA) is 69.2 Å². The number of anilines is 2. The number of nitrogens with zero attached hydrogens (tertiary/aromatic N) is 4. The van der Waals surface area contributed by atoms with Crippen molar-refractivity contribution in [2.24, 2.45) is 0 Å². The quantitative estimate of drug-likeness (QED) is 0.145. The molecule has 0 aliphatic rings. The highest BCUT2D eigenvalue weighted by atomic mass is 16.5. The third-order valence-corrected chi connectivity index (χ3v) is 7.94. The average molecular weight is 601 g/mol. The van der Waals surface area contributed by atoms with E-state index in [9.17, 15) is 0 Å². The van der Waals surface area contributed by atoms with E-state index in [2.05, 4.69) is 47.9 Å². The summed E-state index contributed by atoms with van der Waals surface area (Å²) in [6, 6.07) is 16.4. The van der Waals surface area contributed by atoms with Crippen LogP contribution in [0.2, 0.25) is 0 Å². The molecule has 0 saturated carbocycles. The van der Waals surface area contributed by atoms with Gasteiger partial charge in [-0.25, -0.2) is 0 Å². The monoisotopic (exact) mass is 600 g/mol. The van der Waals surface area contributed by atoms with Gasteiger partial charge < -0.3 is 28.7 Å².